The summed E-state index contributed by atoms with van der Waals surface area (Å²) in [5.74, 6) is 0.229. The minimum absolute atomic E-state index is 0. The fourth-order valence-electron chi connectivity index (χ4n) is 1.00. The molecule has 1 aromatic rings. The van der Waals surface area contributed by atoms with Crippen molar-refractivity contribution in [2.75, 3.05) is 5.73 Å². The van der Waals surface area contributed by atoms with Gasteiger partial charge in [0, 0.05) is 32.1 Å². The van der Waals surface area contributed by atoms with E-state index in [1.165, 1.54) is 5.56 Å². The Hall–Kier alpha value is -0.726. The van der Waals surface area contributed by atoms with Crippen molar-refractivity contribution in [3.8, 4) is 0 Å². The zero-order valence-corrected chi connectivity index (χ0v) is 9.05. The van der Waals surface area contributed by atoms with E-state index in [2.05, 4.69) is 0 Å². The zero-order chi connectivity index (χ0) is 8.97. The third kappa shape index (κ3) is 4.76. The van der Waals surface area contributed by atoms with Crippen LogP contribution in [0.2, 0.25) is 0 Å². The molecule has 0 aliphatic heterocycles. The van der Waals surface area contributed by atoms with Crippen molar-refractivity contribution in [3.05, 3.63) is 29.8 Å². The van der Waals surface area contributed by atoms with Gasteiger partial charge in [0.15, 0.2) is 0 Å². The van der Waals surface area contributed by atoms with Gasteiger partial charge >= 0.3 is 0 Å². The molecule has 1 aromatic carbocycles. The number of hydrogen-bond acceptors (Lipinski definition) is 2. The summed E-state index contributed by atoms with van der Waals surface area (Å²) in [6.45, 7) is 1.61. The van der Waals surface area contributed by atoms with Gasteiger partial charge in [-0.3, -0.25) is 0 Å². The molecule has 0 unspecified atom stereocenters. The summed E-state index contributed by atoms with van der Waals surface area (Å²) in [7, 11) is 0. The molecule has 0 spiro atoms. The second-order valence-corrected chi connectivity index (χ2v) is 2.94. The number of carbonyl (C=O) groups is 1. The number of Topliss-reactive ketones (excluding diaryl/α,β-unsaturated/α-hetero) is 1. The Morgan fingerprint density at radius 2 is 1.92 bits per heavy atom. The molecule has 2 N–H and O–H groups in total. The third-order valence-electron chi connectivity index (χ3n) is 1.75. The van der Waals surface area contributed by atoms with Crippen molar-refractivity contribution < 1.29 is 24.8 Å². The van der Waals surface area contributed by atoms with Crippen molar-refractivity contribution in [2.24, 2.45) is 0 Å². The smallest absolute Gasteiger partial charge is 0.130 e. The molecule has 0 heterocycles. The van der Waals surface area contributed by atoms with Crippen LogP contribution in [-0.2, 0) is 29.8 Å². The van der Waals surface area contributed by atoms with Crippen molar-refractivity contribution >= 4 is 11.5 Å². The van der Waals surface area contributed by atoms with Crippen LogP contribution >= 0.6 is 0 Å². The summed E-state index contributed by atoms with van der Waals surface area (Å²) in [4.78, 5) is 10.7. The van der Waals surface area contributed by atoms with E-state index in [9.17, 15) is 4.79 Å². The SMILES string of the molecule is CC(=O)CCc1ccc(N)cc1.[HH].[V]. The number of benzene rings is 1. The summed E-state index contributed by atoms with van der Waals surface area (Å²) in [6.07, 6.45) is 1.43. The van der Waals surface area contributed by atoms with Crippen LogP contribution in [0.25, 0.3) is 0 Å². The van der Waals surface area contributed by atoms with Gasteiger partial charge in [-0.2, -0.15) is 0 Å². The summed E-state index contributed by atoms with van der Waals surface area (Å²) >= 11 is 0. The molecular weight excluding hydrogens is 201 g/mol. The van der Waals surface area contributed by atoms with Crippen LogP contribution < -0.4 is 5.73 Å². The molecule has 3 heteroatoms. The van der Waals surface area contributed by atoms with Gasteiger partial charge in [-0.1, -0.05) is 12.1 Å². The van der Waals surface area contributed by atoms with Crippen LogP contribution in [0.3, 0.4) is 0 Å². The molecule has 0 amide bonds. The Kier molecular flexibility index (Phi) is 5.52. The van der Waals surface area contributed by atoms with Gasteiger partial charge in [-0.25, -0.2) is 0 Å². The largest absolute Gasteiger partial charge is 0.399 e. The van der Waals surface area contributed by atoms with E-state index in [1.807, 2.05) is 24.3 Å². The molecule has 0 aromatic heterocycles. The number of nitrogens with two attached hydrogens (primary N) is 1. The second kappa shape index (κ2) is 5.84. The Morgan fingerprint density at radius 1 is 1.38 bits per heavy atom. The van der Waals surface area contributed by atoms with Crippen molar-refractivity contribution in [2.45, 2.75) is 19.8 Å². The molecule has 0 aliphatic carbocycles. The van der Waals surface area contributed by atoms with Crippen molar-refractivity contribution in [3.63, 3.8) is 0 Å². The number of rotatable bonds is 3. The topological polar surface area (TPSA) is 43.1 Å². The Balaban J connectivity index is 0. The second-order valence-electron chi connectivity index (χ2n) is 2.94. The molecule has 2 nitrogen and oxygen atoms in total. The number of anilines is 1. The average molecular weight is 216 g/mol. The molecule has 0 saturated heterocycles. The third-order valence-corrected chi connectivity index (χ3v) is 1.75. The maximum absolute atomic E-state index is 10.7. The summed E-state index contributed by atoms with van der Waals surface area (Å²) in [6, 6.07) is 7.63. The monoisotopic (exact) mass is 216 g/mol. The molecule has 13 heavy (non-hydrogen) atoms. The summed E-state index contributed by atoms with van der Waals surface area (Å²) in [5.41, 5.74) is 7.45. The Labute approximate surface area is 91.9 Å². The predicted molar refractivity (Wildman–Crippen MR) is 52.0 cm³/mol. The molecule has 71 valence electrons. The van der Waals surface area contributed by atoms with E-state index in [4.69, 9.17) is 5.73 Å². The van der Waals surface area contributed by atoms with E-state index in [1.54, 1.807) is 6.92 Å². The van der Waals surface area contributed by atoms with Crippen LogP contribution in [0, 0.1) is 0 Å². The molecule has 1 radical (unpaired) electrons. The van der Waals surface area contributed by atoms with Crippen molar-refractivity contribution in [1.82, 2.24) is 0 Å². The average Bonchev–Trinajstić information content (AvgIpc) is 2.03. The normalized spacial score (nSPS) is 9.00. The quantitative estimate of drug-likeness (QED) is 0.785. The zero-order valence-electron chi connectivity index (χ0n) is 7.66. The number of aryl methyl sites for hydroxylation is 1. The van der Waals surface area contributed by atoms with Crippen LogP contribution in [0.5, 0.6) is 0 Å². The first-order chi connectivity index (χ1) is 5.68. The maximum Gasteiger partial charge on any atom is 0.130 e. The standard InChI is InChI=1S/C10H13NO.V.H2/c1-8(12)2-3-9-4-6-10(11)7-5-9;;/h4-7H,2-3,11H2,1H3;;1H. The van der Waals surface area contributed by atoms with E-state index >= 15 is 0 Å². The molecule has 0 saturated carbocycles. The first kappa shape index (κ1) is 12.3. The van der Waals surface area contributed by atoms with Gasteiger partial charge in [0.1, 0.15) is 5.78 Å². The first-order valence-corrected chi connectivity index (χ1v) is 4.02. The molecule has 0 bridgehead atoms. The number of hydrogen-bond donors (Lipinski definition) is 1. The van der Waals surface area contributed by atoms with Gasteiger partial charge < -0.3 is 10.5 Å². The minimum Gasteiger partial charge on any atom is -0.399 e. The minimum atomic E-state index is 0. The number of carbonyl (C=O) groups excluding carboxylic acids is 1. The van der Waals surface area contributed by atoms with Gasteiger partial charge in [-0.05, 0) is 31.0 Å². The van der Waals surface area contributed by atoms with E-state index in [0.29, 0.717) is 6.42 Å². The van der Waals surface area contributed by atoms with Gasteiger partial charge in [0.05, 0.1) is 0 Å². The molecular formula is C10H15NOV. The number of ketones is 1. The first-order valence-electron chi connectivity index (χ1n) is 4.02. The predicted octanol–water partition coefficient (Wildman–Crippen LogP) is 2.03. The van der Waals surface area contributed by atoms with Gasteiger partial charge in [0.2, 0.25) is 0 Å². The molecule has 1 rings (SSSR count). The summed E-state index contributed by atoms with van der Waals surface area (Å²) < 4.78 is 0. The molecule has 0 fully saturated rings. The van der Waals surface area contributed by atoms with Crippen molar-refractivity contribution in [1.29, 1.82) is 0 Å². The molecule has 0 aliphatic rings. The van der Waals surface area contributed by atoms with E-state index in [0.717, 1.165) is 12.1 Å². The summed E-state index contributed by atoms with van der Waals surface area (Å²) in [5, 5.41) is 0. The van der Waals surface area contributed by atoms with Gasteiger partial charge in [0.25, 0.3) is 0 Å². The van der Waals surface area contributed by atoms with Crippen LogP contribution in [0.4, 0.5) is 5.69 Å². The van der Waals surface area contributed by atoms with E-state index in [-0.39, 0.29) is 25.8 Å². The fraction of sp³-hybridized carbons (Fsp3) is 0.300. The van der Waals surface area contributed by atoms with Crippen LogP contribution in [0.1, 0.15) is 20.3 Å². The number of nitrogen functional groups attached to an aromatic ring is 1. The van der Waals surface area contributed by atoms with Crippen LogP contribution in [0.15, 0.2) is 24.3 Å². The molecule has 0 atom stereocenters. The fourth-order valence-corrected chi connectivity index (χ4v) is 1.00. The van der Waals surface area contributed by atoms with Crippen LogP contribution in [-0.4, -0.2) is 5.78 Å². The Bertz CT molecular complexity index is 274. The van der Waals surface area contributed by atoms with E-state index < -0.39 is 0 Å². The maximum atomic E-state index is 10.7. The van der Waals surface area contributed by atoms with Gasteiger partial charge in [-0.15, -0.1) is 0 Å². The Morgan fingerprint density at radius 3 is 2.38 bits per heavy atom.